The number of carbonyl (C=O) groups excluding carboxylic acids is 2. The molecule has 1 aliphatic heterocycles. The molecule has 112 valence electrons. The number of halogens is 1. The largest absolute Gasteiger partial charge is 0.480 e. The number of carboxylic acids is 1. The van der Waals surface area contributed by atoms with Crippen LogP contribution in [0.15, 0.2) is 24.3 Å². The summed E-state index contributed by atoms with van der Waals surface area (Å²) in [5, 5.41) is 9.50. The normalized spacial score (nSPS) is 17.9. The number of amides is 2. The monoisotopic (exact) mass is 310 g/mol. The van der Waals surface area contributed by atoms with Crippen molar-refractivity contribution in [1.82, 2.24) is 4.90 Å². The Hall–Kier alpha value is -2.08. The van der Waals surface area contributed by atoms with Gasteiger partial charge in [0.05, 0.1) is 5.92 Å². The fourth-order valence-corrected chi connectivity index (χ4v) is 2.43. The molecule has 7 heteroatoms. The van der Waals surface area contributed by atoms with Crippen LogP contribution in [0.3, 0.4) is 0 Å². The Bertz CT molecular complexity index is 573. The summed E-state index contributed by atoms with van der Waals surface area (Å²) in [5.41, 5.74) is 0.453. The highest BCUT2D eigenvalue weighted by atomic mass is 35.5. The maximum absolute atomic E-state index is 12.5. The van der Waals surface area contributed by atoms with E-state index in [9.17, 15) is 14.4 Å². The van der Waals surface area contributed by atoms with Crippen molar-refractivity contribution in [2.75, 3.05) is 25.0 Å². The molecule has 0 saturated carbocycles. The van der Waals surface area contributed by atoms with Crippen LogP contribution in [0.1, 0.15) is 6.42 Å². The molecular weight excluding hydrogens is 296 g/mol. The van der Waals surface area contributed by atoms with Crippen LogP contribution in [0.4, 0.5) is 5.69 Å². The quantitative estimate of drug-likeness (QED) is 0.907. The zero-order chi connectivity index (χ0) is 15.6. The van der Waals surface area contributed by atoms with E-state index < -0.39 is 18.4 Å². The second kappa shape index (κ2) is 6.13. The molecule has 1 heterocycles. The maximum atomic E-state index is 12.5. The number of aliphatic carboxylic acids is 1. The van der Waals surface area contributed by atoms with Crippen molar-refractivity contribution in [3.63, 3.8) is 0 Å². The van der Waals surface area contributed by atoms with Gasteiger partial charge in [0.25, 0.3) is 0 Å². The first-order valence-corrected chi connectivity index (χ1v) is 6.79. The average Bonchev–Trinajstić information content (AvgIpc) is 2.76. The number of likely N-dealkylation sites (tertiary alicyclic amines) is 1. The van der Waals surface area contributed by atoms with Crippen LogP contribution >= 0.6 is 11.6 Å². The molecule has 6 nitrogen and oxygen atoms in total. The molecule has 0 radical (unpaired) electrons. The van der Waals surface area contributed by atoms with Crippen molar-refractivity contribution in [3.05, 3.63) is 29.3 Å². The third-order valence-electron chi connectivity index (χ3n) is 3.39. The summed E-state index contributed by atoms with van der Waals surface area (Å²) in [6.45, 7) is -0.143. The van der Waals surface area contributed by atoms with Gasteiger partial charge in [0.15, 0.2) is 0 Å². The lowest BCUT2D eigenvalue weighted by atomic mass is 10.1. The molecule has 1 unspecified atom stereocenters. The zero-order valence-electron chi connectivity index (χ0n) is 11.5. The molecule has 1 saturated heterocycles. The Balaban J connectivity index is 2.23. The molecule has 1 atom stereocenters. The Morgan fingerprint density at radius 3 is 2.48 bits per heavy atom. The third kappa shape index (κ3) is 3.52. The molecule has 21 heavy (non-hydrogen) atoms. The van der Waals surface area contributed by atoms with Crippen molar-refractivity contribution in [2.45, 2.75) is 6.42 Å². The number of carboxylic acid groups (broad SMARTS) is 1. The first-order valence-electron chi connectivity index (χ1n) is 6.41. The van der Waals surface area contributed by atoms with Gasteiger partial charge in [-0.1, -0.05) is 11.6 Å². The number of anilines is 1. The van der Waals surface area contributed by atoms with Crippen molar-refractivity contribution in [3.8, 4) is 0 Å². The van der Waals surface area contributed by atoms with E-state index in [1.54, 1.807) is 31.3 Å². The van der Waals surface area contributed by atoms with Gasteiger partial charge in [0.1, 0.15) is 6.54 Å². The van der Waals surface area contributed by atoms with E-state index in [-0.39, 0.29) is 18.2 Å². The topological polar surface area (TPSA) is 77.9 Å². The van der Waals surface area contributed by atoms with Gasteiger partial charge in [0.2, 0.25) is 11.8 Å². The van der Waals surface area contributed by atoms with Gasteiger partial charge >= 0.3 is 5.97 Å². The minimum absolute atomic E-state index is 0.110. The highest BCUT2D eigenvalue weighted by Crippen LogP contribution is 2.24. The molecule has 1 N–H and O–H groups in total. The molecule has 0 aromatic heterocycles. The van der Waals surface area contributed by atoms with Crippen molar-refractivity contribution < 1.29 is 19.5 Å². The summed E-state index contributed by atoms with van der Waals surface area (Å²) < 4.78 is 0. The van der Waals surface area contributed by atoms with Crippen LogP contribution in [-0.2, 0) is 14.4 Å². The summed E-state index contributed by atoms with van der Waals surface area (Å²) in [6.07, 6.45) is 0.110. The van der Waals surface area contributed by atoms with Crippen LogP contribution in [0.25, 0.3) is 0 Å². The predicted octanol–water partition coefficient (Wildman–Crippen LogP) is 1.24. The lowest BCUT2D eigenvalue weighted by molar-refractivity contribution is -0.137. The summed E-state index contributed by atoms with van der Waals surface area (Å²) in [4.78, 5) is 37.7. The highest BCUT2D eigenvalue weighted by molar-refractivity contribution is 6.30. The van der Waals surface area contributed by atoms with Crippen LogP contribution in [0.2, 0.25) is 5.02 Å². The molecule has 1 aromatic carbocycles. The summed E-state index contributed by atoms with van der Waals surface area (Å²) in [6, 6.07) is 6.35. The average molecular weight is 311 g/mol. The van der Waals surface area contributed by atoms with Gasteiger partial charge in [-0.3, -0.25) is 14.4 Å². The minimum Gasteiger partial charge on any atom is -0.480 e. The van der Waals surface area contributed by atoms with Gasteiger partial charge < -0.3 is 14.9 Å². The molecule has 2 amide bonds. The van der Waals surface area contributed by atoms with Gasteiger partial charge in [-0.15, -0.1) is 0 Å². The van der Waals surface area contributed by atoms with E-state index in [0.29, 0.717) is 17.3 Å². The summed E-state index contributed by atoms with van der Waals surface area (Å²) in [7, 11) is 1.62. The Morgan fingerprint density at radius 2 is 2.00 bits per heavy atom. The summed E-state index contributed by atoms with van der Waals surface area (Å²) in [5.74, 6) is -2.11. The molecule has 1 aromatic rings. The lowest BCUT2D eigenvalue weighted by Crippen LogP contribution is -2.40. The van der Waals surface area contributed by atoms with Crippen LogP contribution in [0.5, 0.6) is 0 Å². The van der Waals surface area contributed by atoms with E-state index in [2.05, 4.69) is 0 Å². The van der Waals surface area contributed by atoms with Crippen molar-refractivity contribution in [1.29, 1.82) is 0 Å². The summed E-state index contributed by atoms with van der Waals surface area (Å²) >= 11 is 5.80. The number of benzene rings is 1. The van der Waals surface area contributed by atoms with Crippen LogP contribution < -0.4 is 4.90 Å². The van der Waals surface area contributed by atoms with Crippen molar-refractivity contribution in [2.24, 2.45) is 5.92 Å². The first-order chi connectivity index (χ1) is 9.88. The Kier molecular flexibility index (Phi) is 4.47. The number of rotatable bonds is 4. The number of carbonyl (C=O) groups is 3. The fourth-order valence-electron chi connectivity index (χ4n) is 2.30. The Morgan fingerprint density at radius 1 is 1.38 bits per heavy atom. The lowest BCUT2D eigenvalue weighted by Gasteiger charge is -2.23. The number of nitrogens with zero attached hydrogens (tertiary/aromatic N) is 2. The first kappa shape index (κ1) is 15.3. The molecule has 0 bridgehead atoms. The smallest absolute Gasteiger partial charge is 0.323 e. The molecular formula is C14H15ClN2O4. The third-order valence-corrected chi connectivity index (χ3v) is 3.64. The zero-order valence-corrected chi connectivity index (χ0v) is 12.2. The molecule has 2 rings (SSSR count). The van der Waals surface area contributed by atoms with Gasteiger partial charge in [0, 0.05) is 30.7 Å². The molecule has 0 aliphatic carbocycles. The van der Waals surface area contributed by atoms with E-state index in [1.165, 1.54) is 9.80 Å². The maximum Gasteiger partial charge on any atom is 0.323 e. The molecule has 0 spiro atoms. The van der Waals surface area contributed by atoms with E-state index in [1.807, 2.05) is 0 Å². The number of hydrogen-bond acceptors (Lipinski definition) is 3. The standard InChI is InChI=1S/C14H15ClN2O4/c1-16-7-9(6-12(16)18)14(21)17(8-13(19)20)11-4-2-10(15)3-5-11/h2-5,9H,6-8H2,1H3,(H,19,20). The predicted molar refractivity (Wildman–Crippen MR) is 77.2 cm³/mol. The van der Waals surface area contributed by atoms with Crippen molar-refractivity contribution >= 4 is 35.1 Å². The number of hydrogen-bond donors (Lipinski definition) is 1. The fraction of sp³-hybridized carbons (Fsp3) is 0.357. The Labute approximate surface area is 126 Å². The highest BCUT2D eigenvalue weighted by Gasteiger charge is 2.35. The van der Waals surface area contributed by atoms with Gasteiger partial charge in [-0.05, 0) is 24.3 Å². The molecule has 1 fully saturated rings. The SMILES string of the molecule is CN1CC(C(=O)N(CC(=O)O)c2ccc(Cl)cc2)CC1=O. The second-order valence-electron chi connectivity index (χ2n) is 4.97. The van der Waals surface area contributed by atoms with E-state index >= 15 is 0 Å². The minimum atomic E-state index is -1.11. The van der Waals surface area contributed by atoms with E-state index in [0.717, 1.165) is 0 Å². The second-order valence-corrected chi connectivity index (χ2v) is 5.41. The van der Waals surface area contributed by atoms with Gasteiger partial charge in [-0.25, -0.2) is 0 Å². The molecule has 1 aliphatic rings. The van der Waals surface area contributed by atoms with Crippen LogP contribution in [-0.4, -0.2) is 47.9 Å². The van der Waals surface area contributed by atoms with Gasteiger partial charge in [-0.2, -0.15) is 0 Å². The van der Waals surface area contributed by atoms with E-state index in [4.69, 9.17) is 16.7 Å². The van der Waals surface area contributed by atoms with Crippen LogP contribution in [0, 0.1) is 5.92 Å².